The van der Waals surface area contributed by atoms with Gasteiger partial charge in [-0.2, -0.15) is 5.10 Å². The molecule has 96 valence electrons. The van der Waals surface area contributed by atoms with Gasteiger partial charge in [-0.05, 0) is 26.1 Å². The third-order valence-corrected chi connectivity index (χ3v) is 2.89. The van der Waals surface area contributed by atoms with Gasteiger partial charge in [-0.25, -0.2) is 0 Å². The first-order chi connectivity index (χ1) is 8.81. The summed E-state index contributed by atoms with van der Waals surface area (Å²) in [4.78, 5) is 0. The van der Waals surface area contributed by atoms with E-state index >= 15 is 0 Å². The van der Waals surface area contributed by atoms with E-state index in [-0.39, 0.29) is 0 Å². The van der Waals surface area contributed by atoms with E-state index in [2.05, 4.69) is 17.3 Å². The smallest absolute Gasteiger partial charge is 0.119 e. The summed E-state index contributed by atoms with van der Waals surface area (Å²) in [6.07, 6.45) is 1.91. The van der Waals surface area contributed by atoms with Crippen molar-refractivity contribution in [3.8, 4) is 5.75 Å². The van der Waals surface area contributed by atoms with Crippen LogP contribution in [0.1, 0.15) is 11.3 Å². The molecule has 4 heteroatoms. The number of nitrogens with zero attached hydrogens (tertiary/aromatic N) is 2. The first-order valence-corrected chi connectivity index (χ1v) is 6.15. The Balaban J connectivity index is 1.87. The van der Waals surface area contributed by atoms with Crippen LogP contribution >= 0.6 is 0 Å². The lowest BCUT2D eigenvalue weighted by Gasteiger charge is -2.08. The van der Waals surface area contributed by atoms with Crippen LogP contribution in [0.15, 0.2) is 36.5 Å². The minimum atomic E-state index is 0.630. The molecule has 0 bridgehead atoms. The van der Waals surface area contributed by atoms with Crippen molar-refractivity contribution >= 4 is 0 Å². The lowest BCUT2D eigenvalue weighted by atomic mass is 10.2. The Morgan fingerprint density at radius 1 is 1.28 bits per heavy atom. The normalized spacial score (nSPS) is 10.6. The van der Waals surface area contributed by atoms with Gasteiger partial charge in [0.1, 0.15) is 12.4 Å². The van der Waals surface area contributed by atoms with Crippen LogP contribution in [0.2, 0.25) is 0 Å². The van der Waals surface area contributed by atoms with Crippen molar-refractivity contribution in [1.29, 1.82) is 0 Å². The van der Waals surface area contributed by atoms with E-state index in [0.717, 1.165) is 18.8 Å². The summed E-state index contributed by atoms with van der Waals surface area (Å²) in [5.41, 5.74) is 2.43. The average Bonchev–Trinajstić information content (AvgIpc) is 2.73. The SMILES string of the molecule is CNCc1cnn(CCOc2ccccc2)c1C. The summed E-state index contributed by atoms with van der Waals surface area (Å²) in [7, 11) is 1.94. The zero-order chi connectivity index (χ0) is 12.8. The summed E-state index contributed by atoms with van der Waals surface area (Å²) < 4.78 is 7.64. The monoisotopic (exact) mass is 245 g/mol. The van der Waals surface area contributed by atoms with Gasteiger partial charge in [0.25, 0.3) is 0 Å². The van der Waals surface area contributed by atoms with Crippen LogP contribution < -0.4 is 10.1 Å². The standard InChI is InChI=1S/C14H19N3O/c1-12-13(10-15-2)11-16-17(12)8-9-18-14-6-4-3-5-7-14/h3-7,11,15H,8-10H2,1-2H3. The van der Waals surface area contributed by atoms with E-state index in [1.165, 1.54) is 11.3 Å². The van der Waals surface area contributed by atoms with Gasteiger partial charge in [0.05, 0.1) is 12.7 Å². The van der Waals surface area contributed by atoms with Crippen molar-refractivity contribution in [3.63, 3.8) is 0 Å². The predicted molar refractivity (Wildman–Crippen MR) is 71.7 cm³/mol. The number of rotatable bonds is 6. The fraction of sp³-hybridized carbons (Fsp3) is 0.357. The van der Waals surface area contributed by atoms with Crippen LogP contribution in [0.5, 0.6) is 5.75 Å². The zero-order valence-electron chi connectivity index (χ0n) is 10.9. The maximum Gasteiger partial charge on any atom is 0.119 e. The van der Waals surface area contributed by atoms with Crippen molar-refractivity contribution in [2.75, 3.05) is 13.7 Å². The molecule has 1 heterocycles. The molecule has 18 heavy (non-hydrogen) atoms. The molecule has 1 aromatic carbocycles. The van der Waals surface area contributed by atoms with E-state index in [1.807, 2.05) is 48.3 Å². The lowest BCUT2D eigenvalue weighted by molar-refractivity contribution is 0.290. The third-order valence-electron chi connectivity index (χ3n) is 2.89. The number of nitrogens with one attached hydrogen (secondary N) is 1. The summed E-state index contributed by atoms with van der Waals surface area (Å²) >= 11 is 0. The molecule has 4 nitrogen and oxygen atoms in total. The first-order valence-electron chi connectivity index (χ1n) is 6.15. The van der Waals surface area contributed by atoms with Crippen molar-refractivity contribution in [1.82, 2.24) is 15.1 Å². The molecule has 0 spiro atoms. The Bertz CT molecular complexity index is 479. The first kappa shape index (κ1) is 12.6. The van der Waals surface area contributed by atoms with E-state index in [9.17, 15) is 0 Å². The highest BCUT2D eigenvalue weighted by Gasteiger charge is 2.05. The van der Waals surface area contributed by atoms with Gasteiger partial charge in [-0.3, -0.25) is 4.68 Å². The van der Waals surface area contributed by atoms with Crippen molar-refractivity contribution in [3.05, 3.63) is 47.8 Å². The average molecular weight is 245 g/mol. The number of aromatic nitrogens is 2. The van der Waals surface area contributed by atoms with Crippen molar-refractivity contribution in [2.45, 2.75) is 20.0 Å². The topological polar surface area (TPSA) is 39.1 Å². The largest absolute Gasteiger partial charge is 0.492 e. The molecule has 0 aliphatic heterocycles. The Hall–Kier alpha value is -1.81. The molecule has 0 fully saturated rings. The molecule has 0 amide bonds. The Morgan fingerprint density at radius 3 is 2.78 bits per heavy atom. The van der Waals surface area contributed by atoms with E-state index < -0.39 is 0 Å². The summed E-state index contributed by atoms with van der Waals surface area (Å²) in [5, 5.41) is 7.50. The molecule has 1 N–H and O–H groups in total. The van der Waals surface area contributed by atoms with Crippen LogP contribution in [-0.4, -0.2) is 23.4 Å². The van der Waals surface area contributed by atoms with Crippen LogP contribution in [0.4, 0.5) is 0 Å². The van der Waals surface area contributed by atoms with Gasteiger partial charge in [-0.15, -0.1) is 0 Å². The highest BCUT2D eigenvalue weighted by atomic mass is 16.5. The highest BCUT2D eigenvalue weighted by Crippen LogP contribution is 2.09. The van der Waals surface area contributed by atoms with Gasteiger partial charge >= 0.3 is 0 Å². The van der Waals surface area contributed by atoms with Crippen molar-refractivity contribution in [2.24, 2.45) is 0 Å². The van der Waals surface area contributed by atoms with Crippen LogP contribution in [0.25, 0.3) is 0 Å². The van der Waals surface area contributed by atoms with Crippen molar-refractivity contribution < 1.29 is 4.74 Å². The molecular formula is C14H19N3O. The number of ether oxygens (including phenoxy) is 1. The molecule has 2 aromatic rings. The van der Waals surface area contributed by atoms with Crippen LogP contribution in [0, 0.1) is 6.92 Å². The van der Waals surface area contributed by atoms with Gasteiger partial charge in [0, 0.05) is 17.8 Å². The zero-order valence-corrected chi connectivity index (χ0v) is 10.9. The van der Waals surface area contributed by atoms with E-state index in [0.29, 0.717) is 6.61 Å². The fourth-order valence-corrected chi connectivity index (χ4v) is 1.84. The molecule has 0 aliphatic carbocycles. The third kappa shape index (κ3) is 3.11. The number of hydrogen-bond donors (Lipinski definition) is 1. The Kier molecular flexibility index (Phi) is 4.36. The molecule has 1 aromatic heterocycles. The molecule has 0 radical (unpaired) electrons. The van der Waals surface area contributed by atoms with Gasteiger partial charge in [0.2, 0.25) is 0 Å². The van der Waals surface area contributed by atoms with Crippen LogP contribution in [0.3, 0.4) is 0 Å². The molecule has 0 saturated carbocycles. The summed E-state index contributed by atoms with van der Waals surface area (Å²) in [6, 6.07) is 9.85. The lowest BCUT2D eigenvalue weighted by Crippen LogP contribution is -2.12. The second-order valence-corrected chi connectivity index (χ2v) is 4.17. The quantitative estimate of drug-likeness (QED) is 0.846. The van der Waals surface area contributed by atoms with E-state index in [4.69, 9.17) is 4.74 Å². The molecular weight excluding hydrogens is 226 g/mol. The minimum Gasteiger partial charge on any atom is -0.492 e. The number of hydrogen-bond acceptors (Lipinski definition) is 3. The Morgan fingerprint density at radius 2 is 2.06 bits per heavy atom. The van der Waals surface area contributed by atoms with Crippen LogP contribution in [-0.2, 0) is 13.1 Å². The summed E-state index contributed by atoms with van der Waals surface area (Å²) in [5.74, 6) is 0.901. The Labute approximate surface area is 108 Å². The molecule has 2 rings (SSSR count). The van der Waals surface area contributed by atoms with Gasteiger partial charge in [0.15, 0.2) is 0 Å². The van der Waals surface area contributed by atoms with Gasteiger partial charge in [-0.1, -0.05) is 18.2 Å². The summed E-state index contributed by atoms with van der Waals surface area (Å²) in [6.45, 7) is 4.34. The molecule has 0 saturated heterocycles. The van der Waals surface area contributed by atoms with E-state index in [1.54, 1.807) is 0 Å². The molecule has 0 unspecified atom stereocenters. The number of benzene rings is 1. The molecule has 0 atom stereocenters. The predicted octanol–water partition coefficient (Wildman–Crippen LogP) is 1.99. The minimum absolute atomic E-state index is 0.630. The maximum absolute atomic E-state index is 5.66. The second kappa shape index (κ2) is 6.21. The second-order valence-electron chi connectivity index (χ2n) is 4.17. The highest BCUT2D eigenvalue weighted by molar-refractivity contribution is 5.21. The number of para-hydroxylation sites is 1. The van der Waals surface area contributed by atoms with Gasteiger partial charge < -0.3 is 10.1 Å². The fourth-order valence-electron chi connectivity index (χ4n) is 1.84. The maximum atomic E-state index is 5.66. The molecule has 0 aliphatic rings.